The molecule has 1 fully saturated rings. The molecule has 1 aliphatic rings. The van der Waals surface area contributed by atoms with Gasteiger partial charge in [0.05, 0.1) is 6.20 Å². The minimum Gasteiger partial charge on any atom is -0.321 e. The van der Waals surface area contributed by atoms with Gasteiger partial charge in [0, 0.05) is 30.8 Å². The number of hydrogen-bond acceptors (Lipinski definition) is 5. The van der Waals surface area contributed by atoms with E-state index in [9.17, 15) is 14.4 Å². The molecule has 2 aromatic rings. The van der Waals surface area contributed by atoms with Crippen molar-refractivity contribution in [2.75, 3.05) is 10.2 Å². The quantitative estimate of drug-likeness (QED) is 0.865. The van der Waals surface area contributed by atoms with Crippen molar-refractivity contribution in [3.8, 4) is 0 Å². The van der Waals surface area contributed by atoms with Crippen LogP contribution in [0, 0.1) is 0 Å². The molecule has 1 aliphatic heterocycles. The highest BCUT2D eigenvalue weighted by molar-refractivity contribution is 7.15. The molecule has 124 valence electrons. The maximum Gasteiger partial charge on any atom is 0.267 e. The molecule has 1 N–H and O–H groups in total. The van der Waals surface area contributed by atoms with Gasteiger partial charge in [0.15, 0.2) is 10.8 Å². The van der Waals surface area contributed by atoms with Crippen molar-refractivity contribution >= 4 is 40.3 Å². The van der Waals surface area contributed by atoms with Crippen molar-refractivity contribution in [3.05, 3.63) is 40.3 Å². The number of ketones is 1. The zero-order valence-corrected chi connectivity index (χ0v) is 14.2. The standard InChI is InChI=1S/C17H17N3O3S/c1-10-6-7-15(22)20(10)13-5-3-4-12(8-13)19-16(23)14-9-18-17(24-14)11(2)21/h3-5,8-10H,6-7H2,1-2H3,(H,19,23). The first kappa shape index (κ1) is 16.3. The van der Waals surface area contributed by atoms with E-state index in [4.69, 9.17) is 0 Å². The van der Waals surface area contributed by atoms with Crippen LogP contribution in [0.15, 0.2) is 30.5 Å². The average Bonchev–Trinajstić information content (AvgIpc) is 3.15. The molecule has 3 rings (SSSR count). The smallest absolute Gasteiger partial charge is 0.267 e. The zero-order valence-electron chi connectivity index (χ0n) is 13.4. The minimum atomic E-state index is -0.321. The lowest BCUT2D eigenvalue weighted by Gasteiger charge is -2.22. The lowest BCUT2D eigenvalue weighted by Crippen LogP contribution is -2.30. The Morgan fingerprint density at radius 3 is 2.79 bits per heavy atom. The van der Waals surface area contributed by atoms with Crippen molar-refractivity contribution in [2.45, 2.75) is 32.7 Å². The first-order chi connectivity index (χ1) is 11.5. The molecule has 2 heterocycles. The second-order valence-electron chi connectivity index (χ2n) is 5.74. The molecule has 0 aliphatic carbocycles. The van der Waals surface area contributed by atoms with E-state index < -0.39 is 0 Å². The number of carbonyl (C=O) groups is 3. The summed E-state index contributed by atoms with van der Waals surface area (Å²) in [5.74, 6) is -0.389. The molecule has 1 aromatic carbocycles. The maximum absolute atomic E-state index is 12.3. The van der Waals surface area contributed by atoms with E-state index in [1.54, 1.807) is 23.1 Å². The topological polar surface area (TPSA) is 79.4 Å². The number of Topliss-reactive ketones (excluding diaryl/α,β-unsaturated/α-hetero) is 1. The first-order valence-electron chi connectivity index (χ1n) is 7.66. The number of aromatic nitrogens is 1. The number of rotatable bonds is 4. The van der Waals surface area contributed by atoms with Crippen LogP contribution in [0.5, 0.6) is 0 Å². The fourth-order valence-electron chi connectivity index (χ4n) is 2.69. The predicted molar refractivity (Wildman–Crippen MR) is 92.7 cm³/mol. The fraction of sp³-hybridized carbons (Fsp3) is 0.294. The molecule has 7 heteroatoms. The van der Waals surface area contributed by atoms with E-state index in [1.807, 2.05) is 13.0 Å². The highest BCUT2D eigenvalue weighted by atomic mass is 32.1. The zero-order chi connectivity index (χ0) is 17.3. The molecule has 1 unspecified atom stereocenters. The molecule has 6 nitrogen and oxygen atoms in total. The lowest BCUT2D eigenvalue weighted by atomic mass is 10.2. The first-order valence-corrected chi connectivity index (χ1v) is 8.47. The molecule has 0 bridgehead atoms. The Labute approximate surface area is 143 Å². The van der Waals surface area contributed by atoms with Gasteiger partial charge in [-0.05, 0) is 31.5 Å². The summed E-state index contributed by atoms with van der Waals surface area (Å²) in [6, 6.07) is 7.36. The number of anilines is 2. The summed E-state index contributed by atoms with van der Waals surface area (Å²) in [7, 11) is 0. The van der Waals surface area contributed by atoms with Gasteiger partial charge in [-0.15, -0.1) is 11.3 Å². The van der Waals surface area contributed by atoms with Gasteiger partial charge < -0.3 is 10.2 Å². The molecule has 0 spiro atoms. The summed E-state index contributed by atoms with van der Waals surface area (Å²) in [6.07, 6.45) is 2.78. The summed E-state index contributed by atoms with van der Waals surface area (Å²) in [5.41, 5.74) is 1.37. The van der Waals surface area contributed by atoms with Crippen LogP contribution in [0.2, 0.25) is 0 Å². The number of nitrogens with one attached hydrogen (secondary N) is 1. The van der Waals surface area contributed by atoms with Crippen LogP contribution in [0.3, 0.4) is 0 Å². The van der Waals surface area contributed by atoms with Crippen LogP contribution >= 0.6 is 11.3 Å². The Morgan fingerprint density at radius 2 is 2.17 bits per heavy atom. The summed E-state index contributed by atoms with van der Waals surface area (Å²) < 4.78 is 0. The predicted octanol–water partition coefficient (Wildman–Crippen LogP) is 3.11. The van der Waals surface area contributed by atoms with E-state index in [0.29, 0.717) is 22.0 Å². The number of amides is 2. The van der Waals surface area contributed by atoms with Gasteiger partial charge in [0.1, 0.15) is 4.88 Å². The number of nitrogens with zero attached hydrogens (tertiary/aromatic N) is 2. The molecule has 0 saturated carbocycles. The molecular weight excluding hydrogens is 326 g/mol. The van der Waals surface area contributed by atoms with Gasteiger partial charge in [-0.3, -0.25) is 14.4 Å². The second-order valence-corrected chi connectivity index (χ2v) is 6.77. The number of benzene rings is 1. The van der Waals surface area contributed by atoms with Crippen LogP contribution in [0.1, 0.15) is 46.2 Å². The monoisotopic (exact) mass is 343 g/mol. The number of carbonyl (C=O) groups excluding carboxylic acids is 3. The molecule has 2 amide bonds. The van der Waals surface area contributed by atoms with Crippen LogP contribution in [-0.4, -0.2) is 28.6 Å². The van der Waals surface area contributed by atoms with Crippen LogP contribution in [0.25, 0.3) is 0 Å². The molecule has 0 radical (unpaired) electrons. The highest BCUT2D eigenvalue weighted by Crippen LogP contribution is 2.28. The number of hydrogen-bond donors (Lipinski definition) is 1. The van der Waals surface area contributed by atoms with Crippen molar-refractivity contribution in [2.24, 2.45) is 0 Å². The van der Waals surface area contributed by atoms with Crippen molar-refractivity contribution in [1.29, 1.82) is 0 Å². The van der Waals surface area contributed by atoms with Gasteiger partial charge >= 0.3 is 0 Å². The molecule has 1 aromatic heterocycles. The van der Waals surface area contributed by atoms with Gasteiger partial charge in [-0.2, -0.15) is 0 Å². The van der Waals surface area contributed by atoms with E-state index in [-0.39, 0.29) is 23.6 Å². The van der Waals surface area contributed by atoms with Gasteiger partial charge in [0.25, 0.3) is 5.91 Å². The van der Waals surface area contributed by atoms with E-state index in [0.717, 1.165) is 23.4 Å². The summed E-state index contributed by atoms with van der Waals surface area (Å²) in [5, 5.41) is 3.10. The Kier molecular flexibility index (Phi) is 4.44. The molecule has 24 heavy (non-hydrogen) atoms. The normalized spacial score (nSPS) is 17.2. The SMILES string of the molecule is CC(=O)c1ncc(C(=O)Nc2cccc(N3C(=O)CCC3C)c2)s1. The van der Waals surface area contributed by atoms with E-state index >= 15 is 0 Å². The third kappa shape index (κ3) is 3.21. The Morgan fingerprint density at radius 1 is 1.38 bits per heavy atom. The van der Waals surface area contributed by atoms with Crippen molar-refractivity contribution in [1.82, 2.24) is 4.98 Å². The van der Waals surface area contributed by atoms with Gasteiger partial charge in [-0.25, -0.2) is 4.98 Å². The van der Waals surface area contributed by atoms with Crippen molar-refractivity contribution < 1.29 is 14.4 Å². The number of thiazole rings is 1. The van der Waals surface area contributed by atoms with Crippen LogP contribution in [-0.2, 0) is 4.79 Å². The largest absolute Gasteiger partial charge is 0.321 e. The minimum absolute atomic E-state index is 0.0968. The maximum atomic E-state index is 12.3. The van der Waals surface area contributed by atoms with Crippen LogP contribution in [0.4, 0.5) is 11.4 Å². The molecular formula is C17H17N3O3S. The Bertz CT molecular complexity index is 815. The van der Waals surface area contributed by atoms with Gasteiger partial charge in [0.2, 0.25) is 5.91 Å². The summed E-state index contributed by atoms with van der Waals surface area (Å²) in [6.45, 7) is 3.43. The lowest BCUT2D eigenvalue weighted by molar-refractivity contribution is -0.117. The summed E-state index contributed by atoms with van der Waals surface area (Å²) in [4.78, 5) is 41.6. The molecule has 1 saturated heterocycles. The summed E-state index contributed by atoms with van der Waals surface area (Å²) >= 11 is 1.06. The van der Waals surface area contributed by atoms with E-state index in [2.05, 4.69) is 10.3 Å². The van der Waals surface area contributed by atoms with Crippen molar-refractivity contribution in [3.63, 3.8) is 0 Å². The third-order valence-electron chi connectivity index (χ3n) is 3.90. The highest BCUT2D eigenvalue weighted by Gasteiger charge is 2.28. The Hall–Kier alpha value is -2.54. The third-order valence-corrected chi connectivity index (χ3v) is 5.00. The van der Waals surface area contributed by atoms with Gasteiger partial charge in [-0.1, -0.05) is 6.07 Å². The average molecular weight is 343 g/mol. The van der Waals surface area contributed by atoms with E-state index in [1.165, 1.54) is 13.1 Å². The fourth-order valence-corrected chi connectivity index (χ4v) is 3.40. The van der Waals surface area contributed by atoms with Crippen LogP contribution < -0.4 is 10.2 Å². The second kappa shape index (κ2) is 6.52. The molecule has 1 atom stereocenters. The Balaban J connectivity index is 1.78.